The van der Waals surface area contributed by atoms with Crippen molar-refractivity contribution in [1.82, 2.24) is 15.1 Å². The molecule has 0 radical (unpaired) electrons. The van der Waals surface area contributed by atoms with Crippen LogP contribution in [0.3, 0.4) is 0 Å². The Kier molecular flexibility index (Phi) is 7.07. The van der Waals surface area contributed by atoms with Gasteiger partial charge in [-0.05, 0) is 73.2 Å². The molecule has 1 fully saturated rings. The fraction of sp³-hybridized carbons (Fsp3) is 0.160. The number of nitrogens with one attached hydrogen (secondary N) is 2. The lowest BCUT2D eigenvalue weighted by Gasteiger charge is -2.41. The van der Waals surface area contributed by atoms with E-state index >= 15 is 0 Å². The van der Waals surface area contributed by atoms with Crippen molar-refractivity contribution in [2.24, 2.45) is 5.73 Å². The highest BCUT2D eigenvalue weighted by atomic mass is 35.5. The van der Waals surface area contributed by atoms with Gasteiger partial charge >= 0.3 is 12.1 Å². The molecule has 1 aliphatic heterocycles. The van der Waals surface area contributed by atoms with Gasteiger partial charge in [0.05, 0.1) is 6.54 Å². The number of carbonyl (C=O) groups is 3. The van der Waals surface area contributed by atoms with Crippen molar-refractivity contribution in [2.45, 2.75) is 19.8 Å². The molecule has 0 aromatic heterocycles. The van der Waals surface area contributed by atoms with Gasteiger partial charge in [-0.2, -0.15) is 0 Å². The van der Waals surface area contributed by atoms with Crippen molar-refractivity contribution in [1.29, 1.82) is 0 Å². The number of imide groups is 1. The molecule has 9 nitrogen and oxygen atoms in total. The number of anilines is 1. The van der Waals surface area contributed by atoms with E-state index in [4.69, 9.17) is 22.1 Å². The first-order valence-corrected chi connectivity index (χ1v) is 11.3. The van der Waals surface area contributed by atoms with E-state index in [1.165, 1.54) is 0 Å². The fourth-order valence-corrected chi connectivity index (χ4v) is 3.69. The number of amides is 5. The zero-order chi connectivity index (χ0) is 24.9. The standard InChI is InChI=1S/C25H24ClN5O4/c1-2-30-24(33)29-23(31(25(30)34)15-16-3-7-18(26)8-4-16)28-19-9-13-21(14-10-19)35-20-11-5-17(6-12-20)22(27)32/h3-14,23,28H,2,15H2,1H3,(H2,27,32)(H,29,33). The number of primary amides is 1. The van der Waals surface area contributed by atoms with Crippen LogP contribution >= 0.6 is 11.6 Å². The highest BCUT2D eigenvalue weighted by Gasteiger charge is 2.37. The van der Waals surface area contributed by atoms with Gasteiger partial charge in [0.1, 0.15) is 11.5 Å². The van der Waals surface area contributed by atoms with Gasteiger partial charge in [-0.3, -0.25) is 15.0 Å². The molecule has 1 aliphatic rings. The maximum absolute atomic E-state index is 13.0. The Balaban J connectivity index is 1.47. The first kappa shape index (κ1) is 23.9. The molecule has 5 amide bonds. The summed E-state index contributed by atoms with van der Waals surface area (Å²) in [7, 11) is 0. The zero-order valence-electron chi connectivity index (χ0n) is 18.9. The lowest BCUT2D eigenvalue weighted by atomic mass is 10.2. The number of hydrogen-bond acceptors (Lipinski definition) is 5. The first-order chi connectivity index (χ1) is 16.8. The van der Waals surface area contributed by atoms with Crippen LogP contribution in [0.5, 0.6) is 11.5 Å². The maximum Gasteiger partial charge on any atom is 0.331 e. The predicted octanol–water partition coefficient (Wildman–Crippen LogP) is 4.59. The number of benzene rings is 3. The highest BCUT2D eigenvalue weighted by Crippen LogP contribution is 2.25. The molecular weight excluding hydrogens is 470 g/mol. The Morgan fingerprint density at radius 2 is 1.60 bits per heavy atom. The Morgan fingerprint density at radius 1 is 1.00 bits per heavy atom. The molecule has 10 heteroatoms. The smallest absolute Gasteiger partial charge is 0.331 e. The van der Waals surface area contributed by atoms with Crippen molar-refractivity contribution in [2.75, 3.05) is 11.9 Å². The topological polar surface area (TPSA) is 117 Å². The largest absolute Gasteiger partial charge is 0.457 e. The Morgan fingerprint density at radius 3 is 2.17 bits per heavy atom. The second-order valence-electron chi connectivity index (χ2n) is 7.79. The summed E-state index contributed by atoms with van der Waals surface area (Å²) >= 11 is 5.98. The lowest BCUT2D eigenvalue weighted by Crippen LogP contribution is -2.66. The van der Waals surface area contributed by atoms with Crippen molar-refractivity contribution in [3.63, 3.8) is 0 Å². The van der Waals surface area contributed by atoms with Crippen molar-refractivity contribution >= 4 is 35.3 Å². The van der Waals surface area contributed by atoms with E-state index in [9.17, 15) is 14.4 Å². The summed E-state index contributed by atoms with van der Waals surface area (Å²) in [5, 5.41) is 6.63. The zero-order valence-corrected chi connectivity index (χ0v) is 19.7. The third-order valence-corrected chi connectivity index (χ3v) is 5.66. The quantitative estimate of drug-likeness (QED) is 0.424. The SMILES string of the molecule is CCN1C(=O)NC(Nc2ccc(Oc3ccc(C(N)=O)cc3)cc2)N(Cc2ccc(Cl)cc2)C1=O. The minimum absolute atomic E-state index is 0.251. The average Bonchev–Trinajstić information content (AvgIpc) is 2.84. The highest BCUT2D eigenvalue weighted by molar-refractivity contribution is 6.30. The number of nitrogens with two attached hydrogens (primary N) is 1. The van der Waals surface area contributed by atoms with Gasteiger partial charge in [-0.15, -0.1) is 0 Å². The van der Waals surface area contributed by atoms with Crippen LogP contribution in [0.2, 0.25) is 5.02 Å². The third-order valence-electron chi connectivity index (χ3n) is 5.41. The van der Waals surface area contributed by atoms with Crippen LogP contribution in [0.25, 0.3) is 0 Å². The van der Waals surface area contributed by atoms with E-state index in [1.54, 1.807) is 72.5 Å². The van der Waals surface area contributed by atoms with E-state index in [0.29, 0.717) is 27.8 Å². The fourth-order valence-electron chi connectivity index (χ4n) is 3.56. The second-order valence-corrected chi connectivity index (χ2v) is 8.23. The molecule has 35 heavy (non-hydrogen) atoms. The molecular formula is C25H24ClN5O4. The van der Waals surface area contributed by atoms with Crippen LogP contribution < -0.4 is 21.1 Å². The third kappa shape index (κ3) is 5.64. The molecule has 0 saturated carbocycles. The molecule has 1 unspecified atom stereocenters. The van der Waals surface area contributed by atoms with Gasteiger partial charge in [0.25, 0.3) is 0 Å². The van der Waals surface area contributed by atoms with Crippen molar-refractivity contribution in [3.8, 4) is 11.5 Å². The van der Waals surface area contributed by atoms with E-state index in [2.05, 4.69) is 10.6 Å². The summed E-state index contributed by atoms with van der Waals surface area (Å²) in [5.41, 5.74) is 7.19. The Hall–Kier alpha value is -4.24. The van der Waals surface area contributed by atoms with Crippen LogP contribution in [0.1, 0.15) is 22.8 Å². The lowest BCUT2D eigenvalue weighted by molar-refractivity contribution is 0.0999. The van der Waals surface area contributed by atoms with Gasteiger partial charge in [0.15, 0.2) is 6.29 Å². The number of halogens is 1. The molecule has 0 spiro atoms. The minimum Gasteiger partial charge on any atom is -0.457 e. The monoisotopic (exact) mass is 493 g/mol. The molecule has 4 N–H and O–H groups in total. The summed E-state index contributed by atoms with van der Waals surface area (Å²) in [6.07, 6.45) is -0.762. The minimum atomic E-state index is -0.762. The van der Waals surface area contributed by atoms with Gasteiger partial charge < -0.3 is 15.8 Å². The molecule has 0 bridgehead atoms. The predicted molar refractivity (Wildman–Crippen MR) is 132 cm³/mol. The second kappa shape index (κ2) is 10.4. The number of ether oxygens (including phenoxy) is 1. The molecule has 3 aromatic carbocycles. The number of urea groups is 2. The van der Waals surface area contributed by atoms with Crippen LogP contribution in [0.4, 0.5) is 15.3 Å². The molecule has 4 rings (SSSR count). The summed E-state index contributed by atoms with van der Waals surface area (Å²) in [5.74, 6) is 0.614. The van der Waals surface area contributed by atoms with E-state index in [1.807, 2.05) is 12.1 Å². The number of carbonyl (C=O) groups excluding carboxylic acids is 3. The number of nitrogens with zero attached hydrogens (tertiary/aromatic N) is 2. The first-order valence-electron chi connectivity index (χ1n) is 10.9. The number of hydrogen-bond donors (Lipinski definition) is 3. The Labute approximate surface area is 207 Å². The van der Waals surface area contributed by atoms with Gasteiger partial charge in [-0.1, -0.05) is 23.7 Å². The van der Waals surface area contributed by atoms with E-state index in [-0.39, 0.29) is 13.1 Å². The Bertz CT molecular complexity index is 1220. The average molecular weight is 494 g/mol. The van der Waals surface area contributed by atoms with Gasteiger partial charge in [0.2, 0.25) is 5.91 Å². The van der Waals surface area contributed by atoms with Gasteiger partial charge in [0, 0.05) is 22.8 Å². The van der Waals surface area contributed by atoms with Crippen molar-refractivity contribution < 1.29 is 19.1 Å². The molecule has 3 aromatic rings. The molecule has 1 saturated heterocycles. The molecule has 0 aliphatic carbocycles. The van der Waals surface area contributed by atoms with Gasteiger partial charge in [-0.25, -0.2) is 14.5 Å². The van der Waals surface area contributed by atoms with Crippen molar-refractivity contribution in [3.05, 3.63) is 88.9 Å². The normalized spacial score (nSPS) is 15.5. The summed E-state index contributed by atoms with van der Waals surface area (Å²) < 4.78 is 5.80. The number of rotatable bonds is 8. The van der Waals surface area contributed by atoms with Crippen LogP contribution in [-0.2, 0) is 6.54 Å². The van der Waals surface area contributed by atoms with Crippen LogP contribution in [0, 0.1) is 0 Å². The molecule has 1 atom stereocenters. The molecule has 180 valence electrons. The van der Waals surface area contributed by atoms with Crippen LogP contribution in [-0.4, -0.2) is 40.6 Å². The van der Waals surface area contributed by atoms with E-state index < -0.39 is 24.3 Å². The molecule has 1 heterocycles. The summed E-state index contributed by atoms with van der Waals surface area (Å²) in [6, 6.07) is 19.8. The van der Waals surface area contributed by atoms with E-state index in [0.717, 1.165) is 10.5 Å². The summed E-state index contributed by atoms with van der Waals surface area (Å²) in [4.78, 5) is 39.4. The van der Waals surface area contributed by atoms with Crippen LogP contribution in [0.15, 0.2) is 72.8 Å². The summed E-state index contributed by atoms with van der Waals surface area (Å²) in [6.45, 7) is 2.26. The maximum atomic E-state index is 13.0.